The van der Waals surface area contributed by atoms with Crippen molar-refractivity contribution in [2.45, 2.75) is 50.3 Å². The van der Waals surface area contributed by atoms with Crippen molar-refractivity contribution in [3.63, 3.8) is 0 Å². The van der Waals surface area contributed by atoms with Gasteiger partial charge in [-0.3, -0.25) is 14.4 Å². The van der Waals surface area contributed by atoms with Crippen LogP contribution in [0.2, 0.25) is 10.0 Å². The van der Waals surface area contributed by atoms with Crippen LogP contribution in [-0.4, -0.2) is 55.4 Å². The topological polar surface area (TPSA) is 87.7 Å². The number of carbonyl (C=O) groups is 3. The first kappa shape index (κ1) is 40.2. The molecule has 0 saturated heterocycles. The lowest BCUT2D eigenvalue weighted by molar-refractivity contribution is -0.157. The van der Waals surface area contributed by atoms with E-state index in [4.69, 9.17) is 27.9 Å². The summed E-state index contributed by atoms with van der Waals surface area (Å²) in [4.78, 5) is 43.3. The lowest BCUT2D eigenvalue weighted by atomic mass is 9.80. The van der Waals surface area contributed by atoms with E-state index < -0.39 is 17.5 Å². The Bertz CT molecular complexity index is 1920. The molecule has 0 unspecified atom stereocenters. The van der Waals surface area contributed by atoms with Gasteiger partial charge in [0.2, 0.25) is 11.8 Å². The number of halogens is 2. The molecule has 2 N–H and O–H groups in total. The highest BCUT2D eigenvalue weighted by molar-refractivity contribution is 6.31. The average Bonchev–Trinajstić information content (AvgIpc) is 3.20. The number of likely N-dealkylation sites (N-methyl/N-ethyl adjacent to an activating group) is 2. The quantitative estimate of drug-likeness (QED) is 0.0736. The maximum absolute atomic E-state index is 14.4. The van der Waals surface area contributed by atoms with Gasteiger partial charge in [0.1, 0.15) is 0 Å². The van der Waals surface area contributed by atoms with Crippen LogP contribution in [-0.2, 0) is 37.6 Å². The summed E-state index contributed by atoms with van der Waals surface area (Å²) in [6, 6.07) is 43.2. The van der Waals surface area contributed by atoms with Crippen molar-refractivity contribution in [2.24, 2.45) is 5.92 Å². The molecule has 0 bridgehead atoms. The number of nitrogens with zero attached hydrogens (tertiary/aromatic N) is 1. The fourth-order valence-corrected chi connectivity index (χ4v) is 7.08. The van der Waals surface area contributed by atoms with Gasteiger partial charge in [-0.2, -0.15) is 0 Å². The Kier molecular flexibility index (Phi) is 14.5. The molecule has 9 heteroatoms. The molecule has 5 rings (SSSR count). The Labute approximate surface area is 328 Å². The van der Waals surface area contributed by atoms with Crippen molar-refractivity contribution in [1.29, 1.82) is 0 Å². The van der Waals surface area contributed by atoms with Crippen LogP contribution in [0.5, 0.6) is 0 Å². The van der Waals surface area contributed by atoms with E-state index in [9.17, 15) is 14.4 Å². The van der Waals surface area contributed by atoms with Gasteiger partial charge in [-0.1, -0.05) is 145 Å². The highest BCUT2D eigenvalue weighted by Gasteiger charge is 2.43. The zero-order chi connectivity index (χ0) is 38.5. The highest BCUT2D eigenvalue weighted by Crippen LogP contribution is 2.44. The molecule has 0 aliphatic heterocycles. The highest BCUT2D eigenvalue weighted by atomic mass is 35.5. The summed E-state index contributed by atoms with van der Waals surface area (Å²) in [6.45, 7) is 2.13. The van der Waals surface area contributed by atoms with Crippen LogP contribution in [0.15, 0.2) is 140 Å². The third-order valence-electron chi connectivity index (χ3n) is 9.81. The molecule has 0 radical (unpaired) electrons. The summed E-state index contributed by atoms with van der Waals surface area (Å²) in [5, 5.41) is 7.33. The van der Waals surface area contributed by atoms with Crippen LogP contribution < -0.4 is 10.6 Å². The van der Waals surface area contributed by atoms with E-state index in [-0.39, 0.29) is 43.3 Å². The van der Waals surface area contributed by atoms with Gasteiger partial charge >= 0.3 is 5.97 Å². The molecule has 280 valence electrons. The second-order valence-electron chi connectivity index (χ2n) is 13.6. The molecule has 0 aliphatic carbocycles. The maximum atomic E-state index is 14.4. The number of ether oxygens (including phenoxy) is 1. The summed E-state index contributed by atoms with van der Waals surface area (Å²) in [6.07, 6.45) is 1.07. The average molecular weight is 765 g/mol. The Hall–Kier alpha value is -4.95. The van der Waals surface area contributed by atoms with Gasteiger partial charge in [0, 0.05) is 58.8 Å². The number of carbonyl (C=O) groups excluding carboxylic acids is 3. The van der Waals surface area contributed by atoms with Gasteiger partial charge in [-0.05, 0) is 56.1 Å². The Morgan fingerprint density at radius 1 is 0.704 bits per heavy atom. The number of amides is 2. The summed E-state index contributed by atoms with van der Waals surface area (Å²) in [7, 11) is 3.54. The van der Waals surface area contributed by atoms with Gasteiger partial charge in [-0.15, -0.1) is 0 Å². The minimum absolute atomic E-state index is 0.0771. The maximum Gasteiger partial charge on any atom is 0.308 e. The molecule has 0 aromatic heterocycles. The summed E-state index contributed by atoms with van der Waals surface area (Å²) < 4.78 is 6.65. The standard InChI is InChI=1S/C45H47Cl2N3O4/c1-32(31-49-42(51)30-39(48-2)28-34-23-25-38(46)26-24-34)50(3)44(53)35(27-33-15-7-4-8-16-33)29-43(52)54-45(36-17-9-5-10-18-36,37-19-11-6-12-20-37)40-21-13-14-22-41(40)47/h4-26,32,35,39,48H,27-31H2,1-3H3,(H,49,51)/t32-,35+,39-/m0/s1. The van der Waals surface area contributed by atoms with Crippen molar-refractivity contribution in [3.05, 3.63) is 177 Å². The van der Waals surface area contributed by atoms with E-state index in [1.165, 1.54) is 0 Å². The van der Waals surface area contributed by atoms with Crippen molar-refractivity contribution >= 4 is 41.0 Å². The predicted octanol–water partition coefficient (Wildman–Crippen LogP) is 8.26. The van der Waals surface area contributed by atoms with E-state index in [0.717, 1.165) is 22.3 Å². The number of rotatable bonds is 17. The van der Waals surface area contributed by atoms with Gasteiger partial charge in [0.15, 0.2) is 5.60 Å². The van der Waals surface area contributed by atoms with Crippen molar-refractivity contribution in [2.75, 3.05) is 20.6 Å². The van der Waals surface area contributed by atoms with Crippen LogP contribution in [0.4, 0.5) is 0 Å². The largest absolute Gasteiger partial charge is 0.444 e. The minimum Gasteiger partial charge on any atom is -0.444 e. The van der Waals surface area contributed by atoms with Crippen molar-refractivity contribution in [1.82, 2.24) is 15.5 Å². The van der Waals surface area contributed by atoms with Crippen LogP contribution >= 0.6 is 23.2 Å². The van der Waals surface area contributed by atoms with Crippen LogP contribution in [0.1, 0.15) is 47.6 Å². The molecule has 54 heavy (non-hydrogen) atoms. The molecule has 5 aromatic rings. The molecule has 0 fully saturated rings. The molecule has 2 amide bonds. The van der Waals surface area contributed by atoms with E-state index in [1.54, 1.807) is 18.0 Å². The van der Waals surface area contributed by atoms with E-state index in [2.05, 4.69) is 10.6 Å². The summed E-state index contributed by atoms with van der Waals surface area (Å²) in [5.41, 5.74) is 2.65. The van der Waals surface area contributed by atoms with Gasteiger partial charge in [0.05, 0.1) is 12.3 Å². The van der Waals surface area contributed by atoms with Gasteiger partial charge < -0.3 is 20.3 Å². The molecule has 0 aliphatic rings. The molecule has 3 atom stereocenters. The first-order chi connectivity index (χ1) is 26.1. The normalized spacial score (nSPS) is 13.0. The van der Waals surface area contributed by atoms with E-state index >= 15 is 0 Å². The smallest absolute Gasteiger partial charge is 0.308 e. The number of benzene rings is 5. The minimum atomic E-state index is -1.39. The van der Waals surface area contributed by atoms with E-state index in [0.29, 0.717) is 28.5 Å². The van der Waals surface area contributed by atoms with Crippen molar-refractivity contribution < 1.29 is 19.1 Å². The lowest BCUT2D eigenvalue weighted by Gasteiger charge is -2.36. The molecule has 0 spiro atoms. The predicted molar refractivity (Wildman–Crippen MR) is 216 cm³/mol. The summed E-state index contributed by atoms with van der Waals surface area (Å²) >= 11 is 12.9. The lowest BCUT2D eigenvalue weighted by Crippen LogP contribution is -2.47. The molecule has 5 aromatic carbocycles. The molecular formula is C45H47Cl2N3O4. The SMILES string of the molecule is CN[C@H](CC(=O)NC[C@H](C)N(C)C(=O)[C@@H](CC(=O)OC(c1ccccc1)(c1ccccc1)c1ccccc1Cl)Cc1ccccc1)Cc1ccc(Cl)cc1. The fourth-order valence-electron chi connectivity index (χ4n) is 6.68. The zero-order valence-corrected chi connectivity index (χ0v) is 32.4. The number of nitrogens with one attached hydrogen (secondary N) is 2. The Morgan fingerprint density at radius 2 is 1.24 bits per heavy atom. The molecule has 0 heterocycles. The van der Waals surface area contributed by atoms with Crippen molar-refractivity contribution in [3.8, 4) is 0 Å². The zero-order valence-electron chi connectivity index (χ0n) is 30.9. The second kappa shape index (κ2) is 19.4. The Balaban J connectivity index is 1.34. The third kappa shape index (κ3) is 10.4. The molecule has 0 saturated carbocycles. The number of hydrogen-bond acceptors (Lipinski definition) is 5. The van der Waals surface area contributed by atoms with Gasteiger partial charge in [0.25, 0.3) is 0 Å². The van der Waals surface area contributed by atoms with E-state index in [1.807, 2.05) is 147 Å². The number of esters is 1. The summed E-state index contributed by atoms with van der Waals surface area (Å²) in [5.74, 6) is -1.65. The second-order valence-corrected chi connectivity index (χ2v) is 14.4. The number of hydrogen-bond donors (Lipinski definition) is 2. The third-order valence-corrected chi connectivity index (χ3v) is 10.4. The first-order valence-electron chi connectivity index (χ1n) is 18.2. The Morgan fingerprint density at radius 3 is 1.81 bits per heavy atom. The van der Waals surface area contributed by atoms with Crippen LogP contribution in [0.3, 0.4) is 0 Å². The fraction of sp³-hybridized carbons (Fsp3) is 0.267. The first-order valence-corrected chi connectivity index (χ1v) is 18.9. The monoisotopic (exact) mass is 763 g/mol. The van der Waals surface area contributed by atoms with Gasteiger partial charge in [-0.25, -0.2) is 0 Å². The van der Waals surface area contributed by atoms with Crippen LogP contribution in [0.25, 0.3) is 0 Å². The molecular weight excluding hydrogens is 717 g/mol. The van der Waals surface area contributed by atoms with Crippen LogP contribution in [0, 0.1) is 5.92 Å². The molecule has 7 nitrogen and oxygen atoms in total.